The Balaban J connectivity index is 2.38. The summed E-state index contributed by atoms with van der Waals surface area (Å²) < 4.78 is 12.1. The van der Waals surface area contributed by atoms with Crippen molar-refractivity contribution in [3.05, 3.63) is 25.3 Å². The second kappa shape index (κ2) is 6.21. The van der Waals surface area contributed by atoms with E-state index in [4.69, 9.17) is 9.47 Å². The molecule has 0 aromatic heterocycles. The third kappa shape index (κ3) is 2.51. The van der Waals surface area contributed by atoms with Gasteiger partial charge in [-0.05, 0) is 25.7 Å². The fraction of sp³-hybridized carbons (Fsp3) is 0.750. The molecule has 2 fully saturated rings. The predicted molar refractivity (Wildman–Crippen MR) is 75.8 cm³/mol. The third-order valence-corrected chi connectivity index (χ3v) is 4.68. The van der Waals surface area contributed by atoms with Crippen LogP contribution in [0.5, 0.6) is 0 Å². The molecule has 1 saturated heterocycles. The first-order valence-electron chi connectivity index (χ1n) is 7.38. The SMILES string of the molecule is C=CC[C@@H](O)[C@]1(CC=C)CCCCCC12OCCO2. The first kappa shape index (κ1) is 14.8. The zero-order chi connectivity index (χ0) is 13.8. The molecule has 3 heteroatoms. The molecule has 2 rings (SSSR count). The highest BCUT2D eigenvalue weighted by molar-refractivity contribution is 5.05. The van der Waals surface area contributed by atoms with Crippen LogP contribution < -0.4 is 0 Å². The maximum atomic E-state index is 10.7. The van der Waals surface area contributed by atoms with Gasteiger partial charge in [-0.2, -0.15) is 0 Å². The smallest absolute Gasteiger partial charge is 0.176 e. The Morgan fingerprint density at radius 1 is 1.05 bits per heavy atom. The van der Waals surface area contributed by atoms with Crippen LogP contribution in [-0.2, 0) is 9.47 Å². The van der Waals surface area contributed by atoms with Gasteiger partial charge >= 0.3 is 0 Å². The molecule has 1 heterocycles. The summed E-state index contributed by atoms with van der Waals surface area (Å²) in [5.74, 6) is -0.625. The lowest BCUT2D eigenvalue weighted by molar-refractivity contribution is -0.267. The van der Waals surface area contributed by atoms with Crippen molar-refractivity contribution in [1.29, 1.82) is 0 Å². The van der Waals surface area contributed by atoms with Crippen molar-refractivity contribution in [3.63, 3.8) is 0 Å². The average molecular weight is 266 g/mol. The number of hydrogen-bond acceptors (Lipinski definition) is 3. The van der Waals surface area contributed by atoms with Gasteiger partial charge in [-0.15, -0.1) is 13.2 Å². The third-order valence-electron chi connectivity index (χ3n) is 4.68. The Bertz CT molecular complexity index is 320. The van der Waals surface area contributed by atoms with E-state index in [0.717, 1.165) is 32.1 Å². The maximum Gasteiger partial charge on any atom is 0.176 e. The van der Waals surface area contributed by atoms with E-state index in [-0.39, 0.29) is 5.41 Å². The number of aliphatic hydroxyl groups excluding tert-OH is 1. The van der Waals surface area contributed by atoms with E-state index in [1.165, 1.54) is 6.42 Å². The van der Waals surface area contributed by atoms with E-state index in [1.807, 2.05) is 6.08 Å². The molecule has 2 atom stereocenters. The first-order valence-corrected chi connectivity index (χ1v) is 7.38. The van der Waals surface area contributed by atoms with Crippen LogP contribution in [0, 0.1) is 5.41 Å². The number of aliphatic hydroxyl groups is 1. The Morgan fingerprint density at radius 3 is 2.37 bits per heavy atom. The fourth-order valence-electron chi connectivity index (χ4n) is 3.76. The molecule has 0 aromatic rings. The van der Waals surface area contributed by atoms with Gasteiger partial charge < -0.3 is 14.6 Å². The molecule has 1 N–H and O–H groups in total. The normalized spacial score (nSPS) is 31.8. The molecule has 0 aromatic carbocycles. The van der Waals surface area contributed by atoms with E-state index in [9.17, 15) is 5.11 Å². The molecule has 108 valence electrons. The molecule has 1 aliphatic heterocycles. The van der Waals surface area contributed by atoms with Crippen LogP contribution in [0.2, 0.25) is 0 Å². The lowest BCUT2D eigenvalue weighted by Crippen LogP contribution is -2.55. The van der Waals surface area contributed by atoms with E-state index in [1.54, 1.807) is 6.08 Å². The highest BCUT2D eigenvalue weighted by Gasteiger charge is 2.58. The quantitative estimate of drug-likeness (QED) is 0.777. The van der Waals surface area contributed by atoms with Crippen molar-refractivity contribution < 1.29 is 14.6 Å². The van der Waals surface area contributed by atoms with E-state index in [2.05, 4.69) is 13.2 Å². The van der Waals surface area contributed by atoms with Crippen molar-refractivity contribution in [2.75, 3.05) is 13.2 Å². The van der Waals surface area contributed by atoms with Crippen molar-refractivity contribution in [2.24, 2.45) is 5.41 Å². The van der Waals surface area contributed by atoms with Crippen LogP contribution in [0.25, 0.3) is 0 Å². The minimum Gasteiger partial charge on any atom is -0.392 e. The summed E-state index contributed by atoms with van der Waals surface area (Å²) in [6.45, 7) is 8.89. The topological polar surface area (TPSA) is 38.7 Å². The zero-order valence-electron chi connectivity index (χ0n) is 11.8. The molecule has 0 unspecified atom stereocenters. The average Bonchev–Trinajstić information content (AvgIpc) is 2.79. The van der Waals surface area contributed by atoms with Gasteiger partial charge in [-0.1, -0.05) is 25.0 Å². The minimum atomic E-state index is -0.625. The van der Waals surface area contributed by atoms with Crippen LogP contribution in [0.1, 0.15) is 44.9 Å². The highest BCUT2D eigenvalue weighted by Crippen LogP contribution is 2.53. The van der Waals surface area contributed by atoms with Crippen molar-refractivity contribution in [2.45, 2.75) is 56.8 Å². The van der Waals surface area contributed by atoms with E-state index in [0.29, 0.717) is 19.6 Å². The number of rotatable bonds is 5. The van der Waals surface area contributed by atoms with Crippen LogP contribution in [0.3, 0.4) is 0 Å². The van der Waals surface area contributed by atoms with Gasteiger partial charge in [0.25, 0.3) is 0 Å². The highest BCUT2D eigenvalue weighted by atomic mass is 16.7. The van der Waals surface area contributed by atoms with Crippen LogP contribution in [0.15, 0.2) is 25.3 Å². The molecular weight excluding hydrogens is 240 g/mol. The van der Waals surface area contributed by atoms with Gasteiger partial charge in [-0.25, -0.2) is 0 Å². The van der Waals surface area contributed by atoms with Gasteiger partial charge in [0.2, 0.25) is 0 Å². The first-order chi connectivity index (χ1) is 9.21. The minimum absolute atomic E-state index is 0.379. The van der Waals surface area contributed by atoms with Gasteiger partial charge in [0.05, 0.1) is 24.7 Å². The van der Waals surface area contributed by atoms with Gasteiger partial charge in [0.15, 0.2) is 5.79 Å². The van der Waals surface area contributed by atoms with E-state index >= 15 is 0 Å². The Hall–Kier alpha value is -0.640. The van der Waals surface area contributed by atoms with Crippen molar-refractivity contribution in [3.8, 4) is 0 Å². The van der Waals surface area contributed by atoms with Crippen molar-refractivity contribution >= 4 is 0 Å². The van der Waals surface area contributed by atoms with Crippen LogP contribution in [0.4, 0.5) is 0 Å². The molecule has 0 bridgehead atoms. The largest absolute Gasteiger partial charge is 0.392 e. The summed E-state index contributed by atoms with van der Waals surface area (Å²) >= 11 is 0. The van der Waals surface area contributed by atoms with Crippen LogP contribution >= 0.6 is 0 Å². The summed E-state index contributed by atoms with van der Waals surface area (Å²) in [7, 11) is 0. The van der Waals surface area contributed by atoms with Gasteiger partial charge in [-0.3, -0.25) is 0 Å². The van der Waals surface area contributed by atoms with Crippen molar-refractivity contribution in [1.82, 2.24) is 0 Å². The second-order valence-electron chi connectivity index (χ2n) is 5.70. The molecule has 19 heavy (non-hydrogen) atoms. The molecular formula is C16H26O3. The molecule has 1 spiro atoms. The molecule has 0 amide bonds. The Morgan fingerprint density at radius 2 is 1.74 bits per heavy atom. The molecule has 2 aliphatic rings. The summed E-state index contributed by atoms with van der Waals surface area (Å²) in [5, 5.41) is 10.7. The standard InChI is InChI=1S/C16H26O3/c1-3-8-14(17)15(9-4-2)10-6-5-7-11-16(15)18-12-13-19-16/h3-4,14,17H,1-2,5-13H2/t14-,15+/m1/s1. The molecule has 0 radical (unpaired) electrons. The molecule has 3 nitrogen and oxygen atoms in total. The lowest BCUT2D eigenvalue weighted by atomic mass is 9.67. The number of allylic oxidation sites excluding steroid dienone is 1. The van der Waals surface area contributed by atoms with Crippen LogP contribution in [-0.4, -0.2) is 30.2 Å². The lowest BCUT2D eigenvalue weighted by Gasteiger charge is -2.48. The fourth-order valence-corrected chi connectivity index (χ4v) is 3.76. The second-order valence-corrected chi connectivity index (χ2v) is 5.70. The Labute approximate surface area is 116 Å². The summed E-state index contributed by atoms with van der Waals surface area (Å²) in [6, 6.07) is 0. The summed E-state index contributed by atoms with van der Waals surface area (Å²) in [4.78, 5) is 0. The van der Waals surface area contributed by atoms with Gasteiger partial charge in [0.1, 0.15) is 0 Å². The van der Waals surface area contributed by atoms with E-state index < -0.39 is 11.9 Å². The number of ether oxygens (including phenoxy) is 2. The Kier molecular flexibility index (Phi) is 4.82. The van der Waals surface area contributed by atoms with Gasteiger partial charge in [0, 0.05) is 6.42 Å². The summed E-state index contributed by atoms with van der Waals surface area (Å²) in [6.07, 6.45) is 9.66. The number of hydrogen-bond donors (Lipinski definition) is 1. The maximum absolute atomic E-state index is 10.7. The predicted octanol–water partition coefficient (Wildman–Crippen LogP) is 3.19. The molecule has 1 aliphatic carbocycles. The zero-order valence-corrected chi connectivity index (χ0v) is 11.8. The molecule has 1 saturated carbocycles. The summed E-state index contributed by atoms with van der Waals surface area (Å²) in [5.41, 5.74) is -0.379. The monoisotopic (exact) mass is 266 g/mol.